The zero-order chi connectivity index (χ0) is 10.4. The minimum absolute atomic E-state index is 0.549. The van der Waals surface area contributed by atoms with Crippen molar-refractivity contribution in [1.29, 1.82) is 0 Å². The largest absolute Gasteiger partial charge is 0.352 e. The van der Waals surface area contributed by atoms with Crippen LogP contribution >= 0.6 is 0 Å². The summed E-state index contributed by atoms with van der Waals surface area (Å²) in [4.78, 5) is 15.3. The lowest BCUT2D eigenvalue weighted by Gasteiger charge is -2.26. The van der Waals surface area contributed by atoms with Gasteiger partial charge in [0.1, 0.15) is 0 Å². The Bertz CT molecular complexity index is 255. The Hall–Kier alpha value is -1.09. The Morgan fingerprint density at radius 2 is 2.36 bits per heavy atom. The van der Waals surface area contributed by atoms with Crippen LogP contribution in [-0.4, -0.2) is 11.2 Å². The summed E-state index contributed by atoms with van der Waals surface area (Å²) in [5.74, 6) is -0.549. The van der Waals surface area contributed by atoms with E-state index >= 15 is 0 Å². The molecule has 14 heavy (non-hydrogen) atoms. The third-order valence-corrected chi connectivity index (χ3v) is 2.61. The third kappa shape index (κ3) is 2.23. The summed E-state index contributed by atoms with van der Waals surface area (Å²) < 4.78 is 0. The maximum Gasteiger partial charge on any atom is 0.352 e. The smallest absolute Gasteiger partial charge is 0.300 e. The van der Waals surface area contributed by atoms with Crippen molar-refractivity contribution in [1.82, 2.24) is 0 Å². The zero-order valence-corrected chi connectivity index (χ0v) is 8.40. The molecule has 1 aliphatic carbocycles. The summed E-state index contributed by atoms with van der Waals surface area (Å²) in [7, 11) is 0. The highest BCUT2D eigenvalue weighted by atomic mass is 17.1. The quantitative estimate of drug-likeness (QED) is 0.555. The maximum atomic E-state index is 11.4. The van der Waals surface area contributed by atoms with Gasteiger partial charge in [-0.2, -0.15) is 5.26 Å². The lowest BCUT2D eigenvalue weighted by Crippen LogP contribution is -2.30. The number of allylic oxidation sites excluding steroid dienone is 3. The molecule has 0 aromatic carbocycles. The Kier molecular flexibility index (Phi) is 3.89. The standard InChI is InChI=1S/C11H16O3/c1-2-3-7-11(10(12)14-13)8-5-4-6-9-11/h4-6,8,13H,2-3,7,9H2,1H3. The second-order valence-electron chi connectivity index (χ2n) is 3.63. The van der Waals surface area contributed by atoms with Gasteiger partial charge in [-0.1, -0.05) is 44.1 Å². The number of hydrogen-bond acceptors (Lipinski definition) is 3. The van der Waals surface area contributed by atoms with Gasteiger partial charge in [0, 0.05) is 0 Å². The first-order valence-electron chi connectivity index (χ1n) is 4.95. The van der Waals surface area contributed by atoms with E-state index in [0.717, 1.165) is 19.3 Å². The summed E-state index contributed by atoms with van der Waals surface area (Å²) in [6, 6.07) is 0. The number of carbonyl (C=O) groups is 1. The lowest BCUT2D eigenvalue weighted by atomic mass is 9.77. The fraction of sp³-hybridized carbons (Fsp3) is 0.545. The van der Waals surface area contributed by atoms with E-state index < -0.39 is 11.4 Å². The first-order valence-corrected chi connectivity index (χ1v) is 4.95. The molecule has 0 aliphatic heterocycles. The fourth-order valence-electron chi connectivity index (χ4n) is 1.69. The highest BCUT2D eigenvalue weighted by molar-refractivity contribution is 5.79. The summed E-state index contributed by atoms with van der Waals surface area (Å²) in [5, 5.41) is 8.44. The van der Waals surface area contributed by atoms with Crippen LogP contribution in [0.4, 0.5) is 0 Å². The van der Waals surface area contributed by atoms with Gasteiger partial charge in [0.15, 0.2) is 0 Å². The number of hydrogen-bond donors (Lipinski definition) is 1. The Morgan fingerprint density at radius 1 is 1.57 bits per heavy atom. The molecule has 0 amide bonds. The van der Waals surface area contributed by atoms with Crippen molar-refractivity contribution in [3.8, 4) is 0 Å². The highest BCUT2D eigenvalue weighted by Gasteiger charge is 2.37. The molecule has 3 nitrogen and oxygen atoms in total. The molecule has 1 N–H and O–H groups in total. The van der Waals surface area contributed by atoms with E-state index in [1.807, 2.05) is 24.3 Å². The molecule has 0 aromatic rings. The van der Waals surface area contributed by atoms with Crippen LogP contribution < -0.4 is 0 Å². The molecule has 0 bridgehead atoms. The monoisotopic (exact) mass is 196 g/mol. The maximum absolute atomic E-state index is 11.4. The van der Waals surface area contributed by atoms with Gasteiger partial charge in [-0.05, 0) is 12.8 Å². The Balaban J connectivity index is 2.74. The van der Waals surface area contributed by atoms with Gasteiger partial charge < -0.3 is 4.89 Å². The van der Waals surface area contributed by atoms with Crippen molar-refractivity contribution in [3.05, 3.63) is 24.3 Å². The molecule has 0 saturated heterocycles. The number of rotatable bonds is 4. The van der Waals surface area contributed by atoms with Crippen LogP contribution in [0, 0.1) is 5.41 Å². The molecule has 1 rings (SSSR count). The van der Waals surface area contributed by atoms with Crippen LogP contribution in [-0.2, 0) is 9.68 Å². The molecular weight excluding hydrogens is 180 g/mol. The fourth-order valence-corrected chi connectivity index (χ4v) is 1.69. The predicted octanol–water partition coefficient (Wildman–Crippen LogP) is 2.70. The average Bonchev–Trinajstić information content (AvgIpc) is 2.26. The van der Waals surface area contributed by atoms with Gasteiger partial charge in [-0.3, -0.25) is 0 Å². The van der Waals surface area contributed by atoms with E-state index in [0.29, 0.717) is 6.42 Å². The van der Waals surface area contributed by atoms with Gasteiger partial charge in [0.2, 0.25) is 0 Å². The molecule has 78 valence electrons. The van der Waals surface area contributed by atoms with E-state index in [9.17, 15) is 4.79 Å². The van der Waals surface area contributed by atoms with E-state index in [4.69, 9.17) is 5.26 Å². The lowest BCUT2D eigenvalue weighted by molar-refractivity contribution is -0.243. The van der Waals surface area contributed by atoms with Crippen LogP contribution in [0.3, 0.4) is 0 Å². The first-order chi connectivity index (χ1) is 6.75. The SMILES string of the molecule is CCCCC1(C(=O)OO)C=CC=CC1. The minimum Gasteiger partial charge on any atom is -0.300 e. The van der Waals surface area contributed by atoms with Crippen molar-refractivity contribution in [2.75, 3.05) is 0 Å². The van der Waals surface area contributed by atoms with E-state index in [1.165, 1.54) is 0 Å². The summed E-state index contributed by atoms with van der Waals surface area (Å²) >= 11 is 0. The van der Waals surface area contributed by atoms with Crippen LogP contribution in [0.2, 0.25) is 0 Å². The van der Waals surface area contributed by atoms with Crippen LogP contribution in [0.5, 0.6) is 0 Å². The zero-order valence-electron chi connectivity index (χ0n) is 8.40. The van der Waals surface area contributed by atoms with Gasteiger partial charge in [-0.15, -0.1) is 0 Å². The van der Waals surface area contributed by atoms with Crippen molar-refractivity contribution >= 4 is 5.97 Å². The summed E-state index contributed by atoms with van der Waals surface area (Å²) in [6.07, 6.45) is 10.8. The number of carbonyl (C=O) groups excluding carboxylic acids is 1. The molecule has 3 heteroatoms. The molecule has 1 atom stereocenters. The molecule has 1 unspecified atom stereocenters. The van der Waals surface area contributed by atoms with Crippen LogP contribution in [0.25, 0.3) is 0 Å². The van der Waals surface area contributed by atoms with Crippen LogP contribution in [0.15, 0.2) is 24.3 Å². The predicted molar refractivity (Wildman–Crippen MR) is 53.6 cm³/mol. The third-order valence-electron chi connectivity index (χ3n) is 2.61. The minimum atomic E-state index is -0.639. The Labute approximate surface area is 84.0 Å². The van der Waals surface area contributed by atoms with Crippen molar-refractivity contribution in [3.63, 3.8) is 0 Å². The van der Waals surface area contributed by atoms with Gasteiger partial charge in [-0.25, -0.2) is 4.79 Å². The normalized spacial score (nSPS) is 25.0. The molecule has 0 saturated carbocycles. The molecule has 0 aromatic heterocycles. The van der Waals surface area contributed by atoms with Crippen LogP contribution in [0.1, 0.15) is 32.6 Å². The highest BCUT2D eigenvalue weighted by Crippen LogP contribution is 2.34. The van der Waals surface area contributed by atoms with Crippen molar-refractivity contribution < 1.29 is 14.9 Å². The summed E-state index contributed by atoms with van der Waals surface area (Å²) in [5.41, 5.74) is -0.639. The Morgan fingerprint density at radius 3 is 2.86 bits per heavy atom. The second-order valence-corrected chi connectivity index (χ2v) is 3.63. The van der Waals surface area contributed by atoms with Gasteiger partial charge in [0.25, 0.3) is 0 Å². The molecule has 1 aliphatic rings. The molecule has 0 heterocycles. The summed E-state index contributed by atoms with van der Waals surface area (Å²) in [6.45, 7) is 2.07. The number of unbranched alkanes of at least 4 members (excludes halogenated alkanes) is 1. The average molecular weight is 196 g/mol. The molecule has 0 fully saturated rings. The topological polar surface area (TPSA) is 46.5 Å². The van der Waals surface area contributed by atoms with E-state index in [-0.39, 0.29) is 0 Å². The van der Waals surface area contributed by atoms with Crippen molar-refractivity contribution in [2.45, 2.75) is 32.6 Å². The van der Waals surface area contributed by atoms with Gasteiger partial charge in [0.05, 0.1) is 5.41 Å². The molecule has 0 spiro atoms. The second kappa shape index (κ2) is 4.96. The van der Waals surface area contributed by atoms with Crippen molar-refractivity contribution in [2.24, 2.45) is 5.41 Å². The molecular formula is C11H16O3. The van der Waals surface area contributed by atoms with Gasteiger partial charge >= 0.3 is 5.97 Å². The van der Waals surface area contributed by atoms with E-state index in [1.54, 1.807) is 0 Å². The molecule has 0 radical (unpaired) electrons. The first kappa shape index (κ1) is 11.0. The van der Waals surface area contributed by atoms with E-state index in [2.05, 4.69) is 11.8 Å².